The molecular formula is C15H12Cl2N2O3. The van der Waals surface area contributed by atoms with E-state index >= 15 is 0 Å². The van der Waals surface area contributed by atoms with Crippen molar-refractivity contribution in [1.82, 2.24) is 0 Å². The van der Waals surface area contributed by atoms with Crippen LogP contribution in [0.1, 0.15) is 10.4 Å². The van der Waals surface area contributed by atoms with Gasteiger partial charge in [0.25, 0.3) is 5.91 Å². The first-order valence-corrected chi connectivity index (χ1v) is 6.98. The second-order valence-electron chi connectivity index (χ2n) is 4.40. The van der Waals surface area contributed by atoms with Gasteiger partial charge in [0, 0.05) is 21.4 Å². The van der Waals surface area contributed by atoms with Crippen molar-refractivity contribution in [3.8, 4) is 0 Å². The van der Waals surface area contributed by atoms with Crippen molar-refractivity contribution in [2.45, 2.75) is 0 Å². The molecule has 2 aromatic carbocycles. The zero-order valence-corrected chi connectivity index (χ0v) is 12.8. The number of hydrogen-bond acceptors (Lipinski definition) is 4. The minimum atomic E-state index is -0.612. The minimum Gasteiger partial charge on any atom is -0.452 e. The van der Waals surface area contributed by atoms with E-state index in [9.17, 15) is 9.59 Å². The Labute approximate surface area is 137 Å². The molecule has 0 atom stereocenters. The Balaban J connectivity index is 1.89. The van der Waals surface area contributed by atoms with E-state index in [0.29, 0.717) is 27.0 Å². The predicted octanol–water partition coefficient (Wildman–Crippen LogP) is 3.37. The monoisotopic (exact) mass is 338 g/mol. The molecule has 0 aliphatic rings. The normalized spacial score (nSPS) is 10.1. The maximum Gasteiger partial charge on any atom is 0.338 e. The summed E-state index contributed by atoms with van der Waals surface area (Å²) in [6.45, 7) is -0.423. The topological polar surface area (TPSA) is 81.4 Å². The number of amides is 1. The van der Waals surface area contributed by atoms with Gasteiger partial charge in [-0.05, 0) is 42.5 Å². The quantitative estimate of drug-likeness (QED) is 0.661. The number of carbonyl (C=O) groups is 2. The number of esters is 1. The van der Waals surface area contributed by atoms with E-state index in [4.69, 9.17) is 33.7 Å². The molecule has 0 heterocycles. The fourth-order valence-electron chi connectivity index (χ4n) is 1.66. The van der Waals surface area contributed by atoms with Gasteiger partial charge in [0.2, 0.25) is 0 Å². The van der Waals surface area contributed by atoms with Gasteiger partial charge in [0.15, 0.2) is 6.61 Å². The van der Waals surface area contributed by atoms with Crippen LogP contribution in [0.4, 0.5) is 11.4 Å². The molecule has 2 aromatic rings. The van der Waals surface area contributed by atoms with Gasteiger partial charge >= 0.3 is 5.97 Å². The molecule has 0 bridgehead atoms. The Kier molecular flexibility index (Phi) is 5.25. The lowest BCUT2D eigenvalue weighted by atomic mass is 10.2. The lowest BCUT2D eigenvalue weighted by Crippen LogP contribution is -2.20. The third-order valence-electron chi connectivity index (χ3n) is 2.63. The van der Waals surface area contributed by atoms with Crippen molar-refractivity contribution in [3.63, 3.8) is 0 Å². The third kappa shape index (κ3) is 4.65. The smallest absolute Gasteiger partial charge is 0.338 e. The van der Waals surface area contributed by atoms with E-state index in [-0.39, 0.29) is 0 Å². The fourth-order valence-corrected chi connectivity index (χ4v) is 2.18. The molecule has 0 aliphatic carbocycles. The second-order valence-corrected chi connectivity index (χ2v) is 5.28. The van der Waals surface area contributed by atoms with Gasteiger partial charge in [-0.2, -0.15) is 0 Å². The van der Waals surface area contributed by atoms with Crippen LogP contribution in [-0.2, 0) is 9.53 Å². The van der Waals surface area contributed by atoms with Crippen molar-refractivity contribution < 1.29 is 14.3 Å². The van der Waals surface area contributed by atoms with Crippen LogP contribution in [-0.4, -0.2) is 18.5 Å². The molecule has 0 unspecified atom stereocenters. The number of halogens is 2. The van der Waals surface area contributed by atoms with Crippen LogP contribution in [0.15, 0.2) is 42.5 Å². The number of rotatable bonds is 4. The largest absolute Gasteiger partial charge is 0.452 e. The Morgan fingerprint density at radius 3 is 2.23 bits per heavy atom. The summed E-state index contributed by atoms with van der Waals surface area (Å²) in [5.41, 5.74) is 6.79. The van der Waals surface area contributed by atoms with E-state index in [1.165, 1.54) is 24.3 Å². The highest BCUT2D eigenvalue weighted by Gasteiger charge is 2.10. The van der Waals surface area contributed by atoms with Gasteiger partial charge in [0.05, 0.1) is 5.56 Å². The van der Waals surface area contributed by atoms with E-state index in [0.717, 1.165) is 0 Å². The van der Waals surface area contributed by atoms with Crippen LogP contribution in [0.3, 0.4) is 0 Å². The highest BCUT2D eigenvalue weighted by atomic mass is 35.5. The fraction of sp³-hybridized carbons (Fsp3) is 0.0667. The molecule has 22 heavy (non-hydrogen) atoms. The molecule has 0 saturated carbocycles. The van der Waals surface area contributed by atoms with Gasteiger partial charge in [-0.3, -0.25) is 4.79 Å². The molecule has 0 aromatic heterocycles. The SMILES string of the molecule is Nc1ccc(C(=O)OCC(=O)Nc2cc(Cl)cc(Cl)c2)cc1. The Morgan fingerprint density at radius 2 is 1.64 bits per heavy atom. The summed E-state index contributed by atoms with van der Waals surface area (Å²) >= 11 is 11.6. The number of ether oxygens (including phenoxy) is 1. The number of benzene rings is 2. The number of nitrogens with two attached hydrogens (primary N) is 1. The number of carbonyl (C=O) groups excluding carboxylic acids is 2. The summed E-state index contributed by atoms with van der Waals surface area (Å²) in [7, 11) is 0. The molecule has 3 N–H and O–H groups in total. The summed E-state index contributed by atoms with van der Waals surface area (Å²) < 4.78 is 4.90. The average Bonchev–Trinajstić information content (AvgIpc) is 2.44. The molecule has 7 heteroatoms. The molecule has 0 radical (unpaired) electrons. The van der Waals surface area contributed by atoms with Gasteiger partial charge < -0.3 is 15.8 Å². The average molecular weight is 339 g/mol. The van der Waals surface area contributed by atoms with Crippen molar-refractivity contribution in [3.05, 3.63) is 58.1 Å². The van der Waals surface area contributed by atoms with Gasteiger partial charge in [-0.1, -0.05) is 23.2 Å². The third-order valence-corrected chi connectivity index (χ3v) is 3.06. The first-order chi connectivity index (χ1) is 10.4. The Morgan fingerprint density at radius 1 is 1.05 bits per heavy atom. The lowest BCUT2D eigenvalue weighted by Gasteiger charge is -2.07. The van der Waals surface area contributed by atoms with E-state index < -0.39 is 18.5 Å². The summed E-state index contributed by atoms with van der Waals surface area (Å²) in [6, 6.07) is 10.8. The number of nitrogen functional groups attached to an aromatic ring is 1. The summed E-state index contributed by atoms with van der Waals surface area (Å²) in [4.78, 5) is 23.5. The van der Waals surface area contributed by atoms with Gasteiger partial charge in [-0.15, -0.1) is 0 Å². The summed E-state index contributed by atoms with van der Waals surface area (Å²) in [5, 5.41) is 3.32. The molecule has 0 saturated heterocycles. The molecule has 5 nitrogen and oxygen atoms in total. The Bertz CT molecular complexity index is 682. The molecule has 0 fully saturated rings. The van der Waals surface area contributed by atoms with Gasteiger partial charge in [0.1, 0.15) is 0 Å². The minimum absolute atomic E-state index is 0.313. The molecule has 0 aliphatic heterocycles. The van der Waals surface area contributed by atoms with Crippen LogP contribution < -0.4 is 11.1 Å². The zero-order chi connectivity index (χ0) is 16.1. The van der Waals surface area contributed by atoms with Crippen molar-refractivity contribution in [2.75, 3.05) is 17.7 Å². The van der Waals surface area contributed by atoms with E-state index in [1.807, 2.05) is 0 Å². The highest BCUT2D eigenvalue weighted by Crippen LogP contribution is 2.22. The lowest BCUT2D eigenvalue weighted by molar-refractivity contribution is -0.119. The molecular weight excluding hydrogens is 327 g/mol. The summed E-state index contributed by atoms with van der Waals surface area (Å²) in [5.74, 6) is -1.11. The van der Waals surface area contributed by atoms with Gasteiger partial charge in [-0.25, -0.2) is 4.79 Å². The van der Waals surface area contributed by atoms with Crippen LogP contribution >= 0.6 is 23.2 Å². The zero-order valence-electron chi connectivity index (χ0n) is 11.3. The summed E-state index contributed by atoms with van der Waals surface area (Å²) in [6.07, 6.45) is 0. The van der Waals surface area contributed by atoms with Crippen LogP contribution in [0, 0.1) is 0 Å². The maximum absolute atomic E-state index is 11.7. The first kappa shape index (κ1) is 16.1. The van der Waals surface area contributed by atoms with Crippen LogP contribution in [0.5, 0.6) is 0 Å². The van der Waals surface area contributed by atoms with E-state index in [2.05, 4.69) is 5.32 Å². The Hall–Kier alpha value is -2.24. The number of hydrogen-bond donors (Lipinski definition) is 2. The number of nitrogens with one attached hydrogen (secondary N) is 1. The van der Waals surface area contributed by atoms with E-state index in [1.54, 1.807) is 18.2 Å². The van der Waals surface area contributed by atoms with Crippen LogP contribution in [0.25, 0.3) is 0 Å². The first-order valence-electron chi connectivity index (χ1n) is 6.22. The highest BCUT2D eigenvalue weighted by molar-refractivity contribution is 6.35. The van der Waals surface area contributed by atoms with Crippen molar-refractivity contribution in [1.29, 1.82) is 0 Å². The second kappa shape index (κ2) is 7.15. The van der Waals surface area contributed by atoms with Crippen molar-refractivity contribution >= 4 is 46.5 Å². The predicted molar refractivity (Wildman–Crippen MR) is 86.2 cm³/mol. The van der Waals surface area contributed by atoms with Crippen molar-refractivity contribution in [2.24, 2.45) is 0 Å². The molecule has 114 valence electrons. The standard InChI is InChI=1S/C15H12Cl2N2O3/c16-10-5-11(17)7-13(6-10)19-14(20)8-22-15(21)9-1-3-12(18)4-2-9/h1-7H,8,18H2,(H,19,20). The van der Waals surface area contributed by atoms with Crippen LogP contribution in [0.2, 0.25) is 10.0 Å². The molecule has 1 amide bonds. The maximum atomic E-state index is 11.7. The number of anilines is 2. The molecule has 2 rings (SSSR count). The molecule has 0 spiro atoms.